The van der Waals surface area contributed by atoms with Crippen molar-refractivity contribution in [2.75, 3.05) is 0 Å². The van der Waals surface area contributed by atoms with Crippen LogP contribution >= 0.6 is 11.6 Å². The Morgan fingerprint density at radius 2 is 1.82 bits per heavy atom. The predicted octanol–water partition coefficient (Wildman–Crippen LogP) is 4.25. The highest BCUT2D eigenvalue weighted by atomic mass is 35.5. The van der Waals surface area contributed by atoms with Gasteiger partial charge in [0.15, 0.2) is 5.78 Å². The average molecular weight is 397 g/mol. The molecule has 1 amide bonds. The Kier molecular flexibility index (Phi) is 4.73. The Morgan fingerprint density at radius 1 is 1.04 bits per heavy atom. The van der Waals surface area contributed by atoms with E-state index >= 15 is 0 Å². The fourth-order valence-electron chi connectivity index (χ4n) is 4.13. The number of benzene rings is 2. The number of rotatable bonds is 3. The number of carbonyl (C=O) groups excluding carboxylic acids is 2. The van der Waals surface area contributed by atoms with Gasteiger partial charge >= 0.3 is 0 Å². The molecule has 1 N–H and O–H groups in total. The van der Waals surface area contributed by atoms with Gasteiger partial charge in [0, 0.05) is 47.2 Å². The topological polar surface area (TPSA) is 89.3 Å². The van der Waals surface area contributed by atoms with Crippen molar-refractivity contribution in [1.29, 1.82) is 0 Å². The minimum Gasteiger partial charge on any atom is -0.329 e. The summed E-state index contributed by atoms with van der Waals surface area (Å²) in [7, 11) is 0. The molecule has 28 heavy (non-hydrogen) atoms. The van der Waals surface area contributed by atoms with Crippen molar-refractivity contribution in [3.05, 3.63) is 86.1 Å². The number of halogens is 1. The maximum Gasteiger partial charge on any atom is 0.269 e. The molecular formula is C21H17ClN2O4. The third-order valence-electron chi connectivity index (χ3n) is 5.36. The van der Waals surface area contributed by atoms with E-state index in [9.17, 15) is 19.7 Å². The highest BCUT2D eigenvalue weighted by molar-refractivity contribution is 6.31. The molecule has 0 fully saturated rings. The summed E-state index contributed by atoms with van der Waals surface area (Å²) in [6.45, 7) is 0. The lowest BCUT2D eigenvalue weighted by Crippen LogP contribution is -2.38. The molecule has 1 heterocycles. The highest BCUT2D eigenvalue weighted by Crippen LogP contribution is 2.44. The average Bonchev–Trinajstić information content (AvgIpc) is 2.67. The van der Waals surface area contributed by atoms with Gasteiger partial charge < -0.3 is 5.32 Å². The summed E-state index contributed by atoms with van der Waals surface area (Å²) in [5.41, 5.74) is 2.61. The SMILES string of the molecule is O=C1C[C@H](c2cccc([N+](=O)[O-])c2)C2=C(C[C@H](c3ccccc3Cl)CC2=O)N1. The van der Waals surface area contributed by atoms with Crippen LogP contribution in [0.2, 0.25) is 5.02 Å². The summed E-state index contributed by atoms with van der Waals surface area (Å²) in [5.74, 6) is -0.821. The van der Waals surface area contributed by atoms with E-state index in [1.54, 1.807) is 18.2 Å². The van der Waals surface area contributed by atoms with Gasteiger partial charge in [0.05, 0.1) is 4.92 Å². The summed E-state index contributed by atoms with van der Waals surface area (Å²) in [6.07, 6.45) is 0.897. The number of hydrogen-bond acceptors (Lipinski definition) is 4. The van der Waals surface area contributed by atoms with E-state index in [0.29, 0.717) is 34.7 Å². The van der Waals surface area contributed by atoms with Crippen LogP contribution in [-0.4, -0.2) is 16.6 Å². The molecule has 2 aromatic rings. The fraction of sp³-hybridized carbons (Fsp3) is 0.238. The number of carbonyl (C=O) groups is 2. The minimum absolute atomic E-state index is 0.0529. The first-order valence-electron chi connectivity index (χ1n) is 8.99. The van der Waals surface area contributed by atoms with E-state index in [0.717, 1.165) is 5.56 Å². The molecular weight excluding hydrogens is 380 g/mol. The zero-order chi connectivity index (χ0) is 19.8. The number of hydrogen-bond donors (Lipinski definition) is 1. The van der Waals surface area contributed by atoms with Gasteiger partial charge in [-0.3, -0.25) is 19.7 Å². The van der Waals surface area contributed by atoms with E-state index in [1.165, 1.54) is 12.1 Å². The number of nitro benzene ring substituents is 1. The zero-order valence-electron chi connectivity index (χ0n) is 14.9. The molecule has 0 saturated carbocycles. The van der Waals surface area contributed by atoms with Crippen molar-refractivity contribution in [2.45, 2.75) is 31.1 Å². The number of amides is 1. The van der Waals surface area contributed by atoms with Crippen molar-refractivity contribution >= 4 is 29.0 Å². The molecule has 0 aromatic heterocycles. The maximum atomic E-state index is 13.0. The lowest BCUT2D eigenvalue weighted by Gasteiger charge is -2.34. The Bertz CT molecular complexity index is 1030. The molecule has 4 rings (SSSR count). The largest absolute Gasteiger partial charge is 0.329 e. The Balaban J connectivity index is 1.74. The van der Waals surface area contributed by atoms with Gasteiger partial charge in [-0.1, -0.05) is 41.9 Å². The van der Waals surface area contributed by atoms with E-state index in [2.05, 4.69) is 5.32 Å². The van der Waals surface area contributed by atoms with Crippen LogP contribution in [0.25, 0.3) is 0 Å². The second-order valence-corrected chi connectivity index (χ2v) is 7.51. The first-order chi connectivity index (χ1) is 13.4. The van der Waals surface area contributed by atoms with Crippen LogP contribution in [0.4, 0.5) is 5.69 Å². The van der Waals surface area contributed by atoms with Crippen molar-refractivity contribution in [3.8, 4) is 0 Å². The smallest absolute Gasteiger partial charge is 0.269 e. The normalized spacial score (nSPS) is 21.9. The van der Waals surface area contributed by atoms with Crippen molar-refractivity contribution in [3.63, 3.8) is 0 Å². The summed E-state index contributed by atoms with van der Waals surface area (Å²) >= 11 is 6.30. The van der Waals surface area contributed by atoms with Gasteiger partial charge in [-0.25, -0.2) is 0 Å². The van der Waals surface area contributed by atoms with Gasteiger partial charge in [-0.15, -0.1) is 0 Å². The standard InChI is InChI=1S/C21H17ClN2O4/c22-17-7-2-1-6-15(17)13-9-18-21(19(25)10-13)16(11-20(26)23-18)12-4-3-5-14(8-12)24(27)28/h1-8,13,16H,9-11H2,(H,23,26)/t13-,16+/m0/s1. The van der Waals surface area contributed by atoms with E-state index < -0.39 is 10.8 Å². The molecule has 2 aromatic carbocycles. The lowest BCUT2D eigenvalue weighted by molar-refractivity contribution is -0.384. The van der Waals surface area contributed by atoms with Crippen LogP contribution in [-0.2, 0) is 9.59 Å². The number of nitro groups is 1. The molecule has 7 heteroatoms. The van der Waals surface area contributed by atoms with Gasteiger partial charge in [0.1, 0.15) is 0 Å². The van der Waals surface area contributed by atoms with Crippen LogP contribution in [0.5, 0.6) is 0 Å². The zero-order valence-corrected chi connectivity index (χ0v) is 15.6. The molecule has 1 aliphatic heterocycles. The Morgan fingerprint density at radius 3 is 2.57 bits per heavy atom. The molecule has 0 radical (unpaired) electrons. The number of non-ortho nitro benzene ring substituents is 1. The number of nitrogens with one attached hydrogen (secondary N) is 1. The summed E-state index contributed by atoms with van der Waals surface area (Å²) < 4.78 is 0. The van der Waals surface area contributed by atoms with E-state index in [-0.39, 0.29) is 29.7 Å². The molecule has 0 spiro atoms. The van der Waals surface area contributed by atoms with Crippen molar-refractivity contribution < 1.29 is 14.5 Å². The fourth-order valence-corrected chi connectivity index (χ4v) is 4.42. The number of ketones is 1. The lowest BCUT2D eigenvalue weighted by atomic mass is 9.73. The first kappa shape index (κ1) is 18.4. The van der Waals surface area contributed by atoms with Crippen LogP contribution in [0.3, 0.4) is 0 Å². The molecule has 0 unspecified atom stereocenters. The third-order valence-corrected chi connectivity index (χ3v) is 5.71. The Hall–Kier alpha value is -2.99. The number of allylic oxidation sites excluding steroid dienone is 2. The van der Waals surface area contributed by atoms with Gasteiger partial charge in [-0.05, 0) is 29.5 Å². The summed E-state index contributed by atoms with van der Waals surface area (Å²) in [4.78, 5) is 36.0. The van der Waals surface area contributed by atoms with Crippen LogP contribution in [0.15, 0.2) is 59.8 Å². The summed E-state index contributed by atoms with van der Waals surface area (Å²) in [5, 5.41) is 14.6. The maximum absolute atomic E-state index is 13.0. The predicted molar refractivity (Wildman–Crippen MR) is 104 cm³/mol. The minimum atomic E-state index is -0.474. The molecule has 0 saturated heterocycles. The molecule has 1 aliphatic carbocycles. The molecule has 2 aliphatic rings. The second-order valence-electron chi connectivity index (χ2n) is 7.10. The van der Waals surface area contributed by atoms with Crippen LogP contribution < -0.4 is 5.32 Å². The molecule has 0 bridgehead atoms. The molecule has 2 atom stereocenters. The Labute approximate surface area is 166 Å². The van der Waals surface area contributed by atoms with Crippen LogP contribution in [0, 0.1) is 10.1 Å². The van der Waals surface area contributed by atoms with Crippen molar-refractivity contribution in [2.24, 2.45) is 0 Å². The molecule has 142 valence electrons. The molecule has 6 nitrogen and oxygen atoms in total. The monoisotopic (exact) mass is 396 g/mol. The first-order valence-corrected chi connectivity index (χ1v) is 9.36. The second kappa shape index (κ2) is 7.20. The highest BCUT2D eigenvalue weighted by Gasteiger charge is 2.38. The quantitative estimate of drug-likeness (QED) is 0.620. The van der Waals surface area contributed by atoms with Gasteiger partial charge in [0.25, 0.3) is 5.69 Å². The third kappa shape index (κ3) is 3.31. The number of Topliss-reactive ketones (excluding diaryl/α,β-unsaturated/α-hetero) is 1. The van der Waals surface area contributed by atoms with Gasteiger partial charge in [0.2, 0.25) is 5.91 Å². The van der Waals surface area contributed by atoms with Gasteiger partial charge in [-0.2, -0.15) is 0 Å². The van der Waals surface area contributed by atoms with E-state index in [4.69, 9.17) is 11.6 Å². The number of nitrogens with zero attached hydrogens (tertiary/aromatic N) is 1. The van der Waals surface area contributed by atoms with E-state index in [1.807, 2.05) is 18.2 Å². The summed E-state index contributed by atoms with van der Waals surface area (Å²) in [6, 6.07) is 13.6. The van der Waals surface area contributed by atoms with Crippen LogP contribution in [0.1, 0.15) is 42.2 Å². The van der Waals surface area contributed by atoms with Crippen molar-refractivity contribution in [1.82, 2.24) is 5.32 Å².